The van der Waals surface area contributed by atoms with Gasteiger partial charge in [-0.15, -0.1) is 0 Å². The van der Waals surface area contributed by atoms with Crippen LogP contribution in [0.5, 0.6) is 0 Å². The molecule has 80 valence electrons. The van der Waals surface area contributed by atoms with Crippen molar-refractivity contribution in [3.63, 3.8) is 0 Å². The number of likely N-dealkylation sites (tertiary alicyclic amines) is 1. The Hall–Kier alpha value is -0.570. The summed E-state index contributed by atoms with van der Waals surface area (Å²) < 4.78 is 0. The van der Waals surface area contributed by atoms with Gasteiger partial charge in [0.15, 0.2) is 0 Å². The van der Waals surface area contributed by atoms with Gasteiger partial charge >= 0.3 is 0 Å². The lowest BCUT2D eigenvalue weighted by molar-refractivity contribution is -0.141. The minimum absolute atomic E-state index is 0.0272. The predicted molar refractivity (Wildman–Crippen MR) is 53.7 cm³/mol. The Morgan fingerprint density at radius 3 is 2.57 bits per heavy atom. The van der Waals surface area contributed by atoms with Crippen LogP contribution in [0.15, 0.2) is 0 Å². The number of aliphatic hydroxyl groups is 1. The van der Waals surface area contributed by atoms with Gasteiger partial charge in [0, 0.05) is 13.1 Å². The number of carbonyl (C=O) groups is 1. The largest absolute Gasteiger partial charge is 0.380 e. The fraction of sp³-hybridized carbons (Fsp3) is 0.909. The summed E-state index contributed by atoms with van der Waals surface area (Å²) in [5.41, 5.74) is -0.966. The zero-order chi connectivity index (χ0) is 10.3. The summed E-state index contributed by atoms with van der Waals surface area (Å²) in [5.74, 6) is 1.24. The first-order valence-electron chi connectivity index (χ1n) is 5.55. The second-order valence-corrected chi connectivity index (χ2v) is 5.08. The van der Waals surface area contributed by atoms with Crippen molar-refractivity contribution in [2.24, 2.45) is 11.8 Å². The van der Waals surface area contributed by atoms with Crippen LogP contribution in [-0.2, 0) is 4.79 Å². The molecule has 1 N–H and O–H groups in total. The number of hydrogen-bond donors (Lipinski definition) is 1. The molecule has 2 fully saturated rings. The molecule has 1 atom stereocenters. The third-order valence-electron chi connectivity index (χ3n) is 3.58. The Bertz CT molecular complexity index is 246. The topological polar surface area (TPSA) is 40.5 Å². The van der Waals surface area contributed by atoms with Gasteiger partial charge in [0.25, 0.3) is 5.91 Å². The molecule has 1 aliphatic carbocycles. The van der Waals surface area contributed by atoms with E-state index in [2.05, 4.69) is 13.8 Å². The monoisotopic (exact) mass is 197 g/mol. The van der Waals surface area contributed by atoms with Gasteiger partial charge in [0.2, 0.25) is 0 Å². The highest BCUT2D eigenvalue weighted by molar-refractivity contribution is 5.88. The Morgan fingerprint density at radius 2 is 2.14 bits per heavy atom. The van der Waals surface area contributed by atoms with Crippen LogP contribution in [0, 0.1) is 11.8 Å². The Balaban J connectivity index is 1.92. The molecule has 0 aromatic carbocycles. The minimum Gasteiger partial charge on any atom is -0.380 e. The van der Waals surface area contributed by atoms with E-state index < -0.39 is 5.60 Å². The highest BCUT2D eigenvalue weighted by Crippen LogP contribution is 2.38. The summed E-state index contributed by atoms with van der Waals surface area (Å²) in [5, 5.41) is 9.69. The van der Waals surface area contributed by atoms with E-state index in [1.54, 1.807) is 0 Å². The molecule has 0 aromatic heterocycles. The van der Waals surface area contributed by atoms with Gasteiger partial charge in [-0.3, -0.25) is 4.79 Å². The molecule has 0 radical (unpaired) electrons. The van der Waals surface area contributed by atoms with Gasteiger partial charge in [0.05, 0.1) is 0 Å². The molecule has 1 saturated heterocycles. The SMILES string of the molecule is CC(C)[C@H]1CCN(C(=O)C2(O)CC2)C1. The summed E-state index contributed by atoms with van der Waals surface area (Å²) >= 11 is 0. The summed E-state index contributed by atoms with van der Waals surface area (Å²) in [6, 6.07) is 0. The lowest BCUT2D eigenvalue weighted by Crippen LogP contribution is -2.39. The molecule has 2 rings (SSSR count). The van der Waals surface area contributed by atoms with Crippen molar-refractivity contribution in [3.05, 3.63) is 0 Å². The zero-order valence-electron chi connectivity index (χ0n) is 8.99. The molecule has 0 bridgehead atoms. The van der Waals surface area contributed by atoms with Crippen molar-refractivity contribution in [1.29, 1.82) is 0 Å². The third-order valence-corrected chi connectivity index (χ3v) is 3.58. The standard InChI is InChI=1S/C11H19NO2/c1-8(2)9-3-6-12(7-9)10(13)11(14)4-5-11/h8-9,14H,3-7H2,1-2H3/t9-/m0/s1. The third kappa shape index (κ3) is 1.65. The van der Waals surface area contributed by atoms with Crippen LogP contribution in [0.4, 0.5) is 0 Å². The quantitative estimate of drug-likeness (QED) is 0.718. The van der Waals surface area contributed by atoms with E-state index in [1.807, 2.05) is 4.90 Å². The van der Waals surface area contributed by atoms with Crippen LogP contribution in [0.25, 0.3) is 0 Å². The van der Waals surface area contributed by atoms with Crippen molar-refractivity contribution < 1.29 is 9.90 Å². The maximum Gasteiger partial charge on any atom is 0.254 e. The van der Waals surface area contributed by atoms with Crippen molar-refractivity contribution in [2.45, 2.75) is 38.7 Å². The molecule has 0 spiro atoms. The molecule has 1 amide bonds. The van der Waals surface area contributed by atoms with Gasteiger partial charge in [-0.05, 0) is 31.1 Å². The summed E-state index contributed by atoms with van der Waals surface area (Å²) in [7, 11) is 0. The molecule has 1 saturated carbocycles. The van der Waals surface area contributed by atoms with Crippen LogP contribution in [0.2, 0.25) is 0 Å². The molecule has 0 unspecified atom stereocenters. The predicted octanol–water partition coefficient (Wildman–Crippen LogP) is 1.02. The first kappa shape index (κ1) is 9.97. The lowest BCUT2D eigenvalue weighted by Gasteiger charge is -2.20. The summed E-state index contributed by atoms with van der Waals surface area (Å²) in [6.45, 7) is 6.08. The van der Waals surface area contributed by atoms with E-state index in [0.717, 1.165) is 19.5 Å². The van der Waals surface area contributed by atoms with Gasteiger partial charge in [-0.2, -0.15) is 0 Å². The Labute approximate surface area is 85.1 Å². The first-order chi connectivity index (χ1) is 6.53. The molecular weight excluding hydrogens is 178 g/mol. The van der Waals surface area contributed by atoms with Crippen molar-refractivity contribution in [3.8, 4) is 0 Å². The van der Waals surface area contributed by atoms with Gasteiger partial charge in [0.1, 0.15) is 5.60 Å². The smallest absolute Gasteiger partial charge is 0.254 e. The van der Waals surface area contributed by atoms with Crippen LogP contribution in [0.1, 0.15) is 33.1 Å². The average Bonchev–Trinajstić information content (AvgIpc) is 2.69. The highest BCUT2D eigenvalue weighted by atomic mass is 16.3. The maximum absolute atomic E-state index is 11.8. The minimum atomic E-state index is -0.966. The molecule has 14 heavy (non-hydrogen) atoms. The van der Waals surface area contributed by atoms with Crippen LogP contribution >= 0.6 is 0 Å². The normalized spacial score (nSPS) is 29.7. The highest BCUT2D eigenvalue weighted by Gasteiger charge is 2.51. The van der Waals surface area contributed by atoms with Crippen molar-refractivity contribution in [1.82, 2.24) is 4.90 Å². The van der Waals surface area contributed by atoms with E-state index in [4.69, 9.17) is 0 Å². The Morgan fingerprint density at radius 1 is 1.50 bits per heavy atom. The van der Waals surface area contributed by atoms with Gasteiger partial charge in [-0.1, -0.05) is 13.8 Å². The number of rotatable bonds is 2. The number of carbonyl (C=O) groups excluding carboxylic acids is 1. The molecule has 1 heterocycles. The van der Waals surface area contributed by atoms with Gasteiger partial charge < -0.3 is 10.0 Å². The van der Waals surface area contributed by atoms with Crippen LogP contribution < -0.4 is 0 Å². The fourth-order valence-electron chi connectivity index (χ4n) is 2.14. The molecular formula is C11H19NO2. The Kier molecular flexibility index (Phi) is 2.30. The van der Waals surface area contributed by atoms with E-state index in [1.165, 1.54) is 0 Å². The molecule has 3 heteroatoms. The molecule has 1 aliphatic heterocycles. The number of nitrogens with zero attached hydrogens (tertiary/aromatic N) is 1. The summed E-state index contributed by atoms with van der Waals surface area (Å²) in [4.78, 5) is 13.6. The van der Waals surface area contributed by atoms with Gasteiger partial charge in [-0.25, -0.2) is 0 Å². The van der Waals surface area contributed by atoms with Crippen molar-refractivity contribution in [2.75, 3.05) is 13.1 Å². The van der Waals surface area contributed by atoms with E-state index in [-0.39, 0.29) is 5.91 Å². The molecule has 0 aromatic rings. The summed E-state index contributed by atoms with van der Waals surface area (Å²) in [6.07, 6.45) is 2.42. The van der Waals surface area contributed by atoms with Crippen molar-refractivity contribution >= 4 is 5.91 Å². The number of amides is 1. The van der Waals surface area contributed by atoms with E-state index in [9.17, 15) is 9.90 Å². The van der Waals surface area contributed by atoms with E-state index in [0.29, 0.717) is 24.7 Å². The number of hydrogen-bond acceptors (Lipinski definition) is 2. The second kappa shape index (κ2) is 3.23. The molecule has 3 nitrogen and oxygen atoms in total. The second-order valence-electron chi connectivity index (χ2n) is 5.08. The maximum atomic E-state index is 11.8. The zero-order valence-corrected chi connectivity index (χ0v) is 8.99. The van der Waals surface area contributed by atoms with E-state index >= 15 is 0 Å². The average molecular weight is 197 g/mol. The molecule has 2 aliphatic rings. The lowest BCUT2D eigenvalue weighted by atomic mass is 9.95. The first-order valence-corrected chi connectivity index (χ1v) is 5.55. The fourth-order valence-corrected chi connectivity index (χ4v) is 2.14. The van der Waals surface area contributed by atoms with Crippen LogP contribution in [-0.4, -0.2) is 34.6 Å². The van der Waals surface area contributed by atoms with Crippen LogP contribution in [0.3, 0.4) is 0 Å².